The minimum Gasteiger partial charge on any atom is -0.474 e. The molecule has 1 saturated heterocycles. The smallest absolute Gasteiger partial charge is 0.215 e. The van der Waals surface area contributed by atoms with Crippen LogP contribution in [0.25, 0.3) is 22.3 Å². The van der Waals surface area contributed by atoms with Gasteiger partial charge in [0.15, 0.2) is 0 Å². The van der Waals surface area contributed by atoms with Gasteiger partial charge in [0.1, 0.15) is 30.0 Å². The van der Waals surface area contributed by atoms with Crippen molar-refractivity contribution in [1.29, 1.82) is 5.26 Å². The van der Waals surface area contributed by atoms with Crippen molar-refractivity contribution in [2.45, 2.75) is 88.7 Å². The maximum atomic E-state index is 9.82. The summed E-state index contributed by atoms with van der Waals surface area (Å²) in [6.45, 7) is 11.0. The Morgan fingerprint density at radius 1 is 1.15 bits per heavy atom. The number of ether oxygens (including phenoxy) is 2. The van der Waals surface area contributed by atoms with Gasteiger partial charge in [-0.1, -0.05) is 31.2 Å². The number of piperidine rings is 1. The zero-order valence-corrected chi connectivity index (χ0v) is 29.9. The highest BCUT2D eigenvalue weighted by atomic mass is 35.5. The molecule has 0 atom stereocenters. The van der Waals surface area contributed by atoms with E-state index in [4.69, 9.17) is 26.2 Å². The SMILES string of the molecule is CN(C)Cc1cc(Cl)nc(OC2CCN(C3CC(CC#N)(n4cc(-c5ncnc6c5ccn6COCC[Si](C)(C)C)cn4)C3)CC2)c1. The van der Waals surface area contributed by atoms with E-state index in [2.05, 4.69) is 56.7 Å². The molecule has 0 aromatic carbocycles. The van der Waals surface area contributed by atoms with Crippen molar-refractivity contribution in [2.75, 3.05) is 33.8 Å². The molecule has 0 radical (unpaired) electrons. The van der Waals surface area contributed by atoms with Crippen LogP contribution >= 0.6 is 11.6 Å². The molecule has 1 aliphatic heterocycles. The first-order valence-corrected chi connectivity index (χ1v) is 20.6. The Bertz CT molecular complexity index is 1710. The van der Waals surface area contributed by atoms with Gasteiger partial charge in [-0.25, -0.2) is 15.0 Å². The summed E-state index contributed by atoms with van der Waals surface area (Å²) in [5, 5.41) is 16.0. The highest BCUT2D eigenvalue weighted by molar-refractivity contribution is 6.76. The third kappa shape index (κ3) is 7.87. The van der Waals surface area contributed by atoms with E-state index in [9.17, 15) is 5.26 Å². The number of rotatable bonds is 13. The van der Waals surface area contributed by atoms with E-state index in [1.54, 1.807) is 6.33 Å². The minimum absolute atomic E-state index is 0.110. The maximum Gasteiger partial charge on any atom is 0.215 e. The first kappa shape index (κ1) is 33.6. The van der Waals surface area contributed by atoms with E-state index >= 15 is 0 Å². The largest absolute Gasteiger partial charge is 0.474 e. The van der Waals surface area contributed by atoms with Crippen molar-refractivity contribution in [3.63, 3.8) is 0 Å². The van der Waals surface area contributed by atoms with Gasteiger partial charge >= 0.3 is 0 Å². The number of nitriles is 1. The van der Waals surface area contributed by atoms with Crippen LogP contribution in [0.4, 0.5) is 0 Å². The van der Waals surface area contributed by atoms with Crippen LogP contribution in [0.5, 0.6) is 5.88 Å². The molecule has 1 saturated carbocycles. The van der Waals surface area contributed by atoms with Crippen LogP contribution in [0.1, 0.15) is 37.7 Å². The Kier molecular flexibility index (Phi) is 10.0. The summed E-state index contributed by atoms with van der Waals surface area (Å²) < 4.78 is 16.3. The van der Waals surface area contributed by atoms with Gasteiger partial charge in [-0.2, -0.15) is 10.4 Å². The molecule has 13 heteroatoms. The van der Waals surface area contributed by atoms with Gasteiger partial charge in [0.2, 0.25) is 5.88 Å². The molecule has 0 unspecified atom stereocenters. The summed E-state index contributed by atoms with van der Waals surface area (Å²) in [7, 11) is 2.92. The highest BCUT2D eigenvalue weighted by Gasteiger charge is 2.49. The van der Waals surface area contributed by atoms with E-state index in [1.807, 2.05) is 53.9 Å². The summed E-state index contributed by atoms with van der Waals surface area (Å²) in [6.07, 6.45) is 11.7. The average Bonchev–Trinajstić information content (AvgIpc) is 3.64. The van der Waals surface area contributed by atoms with Crippen molar-refractivity contribution < 1.29 is 9.47 Å². The summed E-state index contributed by atoms with van der Waals surface area (Å²) in [4.78, 5) is 18.3. The Labute approximate surface area is 283 Å². The monoisotopic (exact) mass is 675 g/mol. The molecule has 47 heavy (non-hydrogen) atoms. The third-order valence-electron chi connectivity index (χ3n) is 9.37. The molecule has 5 heterocycles. The van der Waals surface area contributed by atoms with Gasteiger partial charge < -0.3 is 18.9 Å². The number of nitrogens with zero attached hydrogens (tertiary/aromatic N) is 9. The van der Waals surface area contributed by atoms with Crippen LogP contribution in [-0.2, 0) is 23.6 Å². The summed E-state index contributed by atoms with van der Waals surface area (Å²) in [5.41, 5.74) is 3.39. The van der Waals surface area contributed by atoms with E-state index in [1.165, 1.54) is 0 Å². The quantitative estimate of drug-likeness (QED) is 0.0953. The van der Waals surface area contributed by atoms with Gasteiger partial charge in [-0.15, -0.1) is 0 Å². The van der Waals surface area contributed by atoms with Gasteiger partial charge in [0, 0.05) is 69.8 Å². The Balaban J connectivity index is 1.07. The molecule has 4 aromatic heterocycles. The lowest BCUT2D eigenvalue weighted by atomic mass is 9.69. The van der Waals surface area contributed by atoms with Crippen molar-refractivity contribution in [1.82, 2.24) is 39.1 Å². The second-order valence-electron chi connectivity index (χ2n) is 14.6. The standard InChI is InChI=1S/C34H46ClN9O2Si/c1-41(2)21-25-16-30(35)40-31(17-25)46-28-6-11-42(12-7-28)27-18-34(19-27,9-10-36)44-22-26(20-39-44)32-29-8-13-43(33(29)38-23-37-32)24-45-14-15-47(3,4)5/h8,13,16-17,20,22-23,27-28H,6-7,9,11-12,14-15,18-19,21,24H2,1-5H3. The molecule has 4 aromatic rings. The molecule has 0 amide bonds. The van der Waals surface area contributed by atoms with Gasteiger partial charge in [-0.05, 0) is 63.5 Å². The Morgan fingerprint density at radius 2 is 1.94 bits per heavy atom. The van der Waals surface area contributed by atoms with Crippen LogP contribution in [-0.4, -0.2) is 93.1 Å². The van der Waals surface area contributed by atoms with Gasteiger partial charge in [0.25, 0.3) is 0 Å². The van der Waals surface area contributed by atoms with Gasteiger partial charge in [0.05, 0.1) is 29.9 Å². The molecule has 11 nitrogen and oxygen atoms in total. The van der Waals surface area contributed by atoms with Crippen molar-refractivity contribution >= 4 is 30.7 Å². The molecule has 250 valence electrons. The van der Waals surface area contributed by atoms with Crippen LogP contribution in [0, 0.1) is 11.3 Å². The van der Waals surface area contributed by atoms with Crippen molar-refractivity contribution in [3.8, 4) is 23.2 Å². The van der Waals surface area contributed by atoms with E-state index < -0.39 is 8.07 Å². The normalized spacial score (nSPS) is 20.9. The zero-order chi connectivity index (χ0) is 33.2. The molecule has 6 rings (SSSR count). The molecule has 0 bridgehead atoms. The molecule has 2 fully saturated rings. The lowest BCUT2D eigenvalue weighted by Gasteiger charge is -2.52. The second kappa shape index (κ2) is 14.0. The summed E-state index contributed by atoms with van der Waals surface area (Å²) >= 11 is 6.28. The highest BCUT2D eigenvalue weighted by Crippen LogP contribution is 2.45. The molecular weight excluding hydrogens is 630 g/mol. The Morgan fingerprint density at radius 3 is 2.66 bits per heavy atom. The number of hydrogen-bond acceptors (Lipinski definition) is 9. The minimum atomic E-state index is -1.15. The molecular formula is C34H46ClN9O2Si. The number of fused-ring (bicyclic) bond motifs is 1. The summed E-state index contributed by atoms with van der Waals surface area (Å²) in [5.74, 6) is 0.599. The fraction of sp³-hybridized carbons (Fsp3) is 0.559. The predicted octanol–water partition coefficient (Wildman–Crippen LogP) is 6.03. The maximum absolute atomic E-state index is 9.82. The first-order chi connectivity index (χ1) is 22.5. The van der Waals surface area contributed by atoms with E-state index in [0.29, 0.717) is 30.2 Å². The Hall–Kier alpha value is -3.34. The number of hydrogen-bond donors (Lipinski definition) is 0. The zero-order valence-electron chi connectivity index (χ0n) is 28.2. The van der Waals surface area contributed by atoms with Crippen LogP contribution in [0.3, 0.4) is 0 Å². The lowest BCUT2D eigenvalue weighted by molar-refractivity contribution is -0.0212. The average molecular weight is 676 g/mol. The molecule has 0 N–H and O–H groups in total. The predicted molar refractivity (Wildman–Crippen MR) is 186 cm³/mol. The number of halogens is 1. The number of likely N-dealkylation sites (tertiary alicyclic amines) is 1. The second-order valence-corrected chi connectivity index (χ2v) is 20.6. The molecule has 2 aliphatic rings. The number of pyridine rings is 1. The fourth-order valence-corrected chi connectivity index (χ4v) is 7.77. The van der Waals surface area contributed by atoms with Gasteiger partial charge in [-0.3, -0.25) is 9.58 Å². The molecule has 1 aliphatic carbocycles. The van der Waals surface area contributed by atoms with E-state index in [0.717, 1.165) is 85.8 Å². The van der Waals surface area contributed by atoms with E-state index in [-0.39, 0.29) is 11.6 Å². The van der Waals surface area contributed by atoms with Crippen LogP contribution in [0.15, 0.2) is 43.1 Å². The fourth-order valence-electron chi connectivity index (χ4n) is 6.79. The van der Waals surface area contributed by atoms with Crippen LogP contribution < -0.4 is 4.74 Å². The van der Waals surface area contributed by atoms with Crippen LogP contribution in [0.2, 0.25) is 30.8 Å². The number of aromatic nitrogens is 6. The lowest BCUT2D eigenvalue weighted by Crippen LogP contribution is -2.58. The topological polar surface area (TPSA) is 110 Å². The first-order valence-electron chi connectivity index (χ1n) is 16.5. The molecule has 0 spiro atoms. The summed E-state index contributed by atoms with van der Waals surface area (Å²) in [6, 6.07) is 9.91. The van der Waals surface area contributed by atoms with Crippen molar-refractivity contribution in [2.24, 2.45) is 0 Å². The third-order valence-corrected chi connectivity index (χ3v) is 11.3. The van der Waals surface area contributed by atoms with Crippen molar-refractivity contribution in [3.05, 3.63) is 53.8 Å².